The van der Waals surface area contributed by atoms with Gasteiger partial charge < -0.3 is 4.74 Å². The molecule has 2 heteroatoms. The number of hydrogen-bond acceptors (Lipinski definition) is 2. The summed E-state index contributed by atoms with van der Waals surface area (Å²) in [5, 5.41) is 0. The molecule has 0 aromatic rings. The van der Waals surface area contributed by atoms with Crippen LogP contribution in [0.15, 0.2) is 12.2 Å². The van der Waals surface area contributed by atoms with Crippen LogP contribution >= 0.6 is 0 Å². The summed E-state index contributed by atoms with van der Waals surface area (Å²) in [7, 11) is 0. The highest BCUT2D eigenvalue weighted by atomic mass is 16.5. The Hall–Kier alpha value is -0.790. The van der Waals surface area contributed by atoms with Crippen molar-refractivity contribution in [3.8, 4) is 0 Å². The van der Waals surface area contributed by atoms with Gasteiger partial charge in [-0.2, -0.15) is 0 Å². The molecule has 0 aromatic heterocycles. The lowest BCUT2D eigenvalue weighted by atomic mass is 9.43. The van der Waals surface area contributed by atoms with Crippen molar-refractivity contribution >= 4 is 5.97 Å². The summed E-state index contributed by atoms with van der Waals surface area (Å²) >= 11 is 0. The van der Waals surface area contributed by atoms with E-state index in [9.17, 15) is 4.79 Å². The fraction of sp³-hybridized carbons (Fsp3) is 0.906. The molecule has 2 nitrogen and oxygen atoms in total. The summed E-state index contributed by atoms with van der Waals surface area (Å²) in [6.07, 6.45) is 15.3. The summed E-state index contributed by atoms with van der Waals surface area (Å²) < 4.78 is 5.81. The molecule has 0 saturated heterocycles. The average molecular weight is 469 g/mol. The van der Waals surface area contributed by atoms with Crippen molar-refractivity contribution in [2.45, 2.75) is 125 Å². The summed E-state index contributed by atoms with van der Waals surface area (Å²) in [5.74, 6) is 4.50. The van der Waals surface area contributed by atoms with Crippen LogP contribution in [0.3, 0.4) is 0 Å². The van der Waals surface area contributed by atoms with Crippen molar-refractivity contribution < 1.29 is 9.53 Å². The van der Waals surface area contributed by atoms with E-state index in [1.165, 1.54) is 69.8 Å². The van der Waals surface area contributed by atoms with E-state index in [2.05, 4.69) is 48.1 Å². The number of carbonyl (C=O) groups is 1. The zero-order valence-corrected chi connectivity index (χ0v) is 23.3. The standard InChI is InChI=1S/C32H52O2/c1-20(2)21(3)9-10-22(4)25-13-15-30(8)28-12-11-26-23(5)27(34-24(6)33)14-16-31(26)19-32(28,31)18-17-29(25,30)7/h21-23,25-28H,1,9-19H2,2-8H3/t21-,22-,23+,25-,26-,27+,28-,29-,30+,31-,32+/m1/s1. The predicted molar refractivity (Wildman–Crippen MR) is 140 cm³/mol. The Morgan fingerprint density at radius 3 is 2.35 bits per heavy atom. The molecule has 0 radical (unpaired) electrons. The first kappa shape index (κ1) is 24.9. The van der Waals surface area contributed by atoms with E-state index in [1.54, 1.807) is 6.92 Å². The highest BCUT2D eigenvalue weighted by molar-refractivity contribution is 5.66. The van der Waals surface area contributed by atoms with Gasteiger partial charge >= 0.3 is 5.97 Å². The summed E-state index contributed by atoms with van der Waals surface area (Å²) in [6.45, 7) is 20.8. The molecule has 5 aliphatic rings. The molecule has 11 atom stereocenters. The van der Waals surface area contributed by atoms with Gasteiger partial charge in [-0.3, -0.25) is 4.79 Å². The van der Waals surface area contributed by atoms with Gasteiger partial charge in [0, 0.05) is 6.92 Å². The molecule has 0 N–H and O–H groups in total. The van der Waals surface area contributed by atoms with Crippen LogP contribution in [-0.4, -0.2) is 12.1 Å². The van der Waals surface area contributed by atoms with E-state index >= 15 is 0 Å². The number of carbonyl (C=O) groups excluding carboxylic acids is 1. The summed E-state index contributed by atoms with van der Waals surface area (Å²) in [6, 6.07) is 0. The van der Waals surface area contributed by atoms with Crippen LogP contribution in [0.2, 0.25) is 0 Å². The third-order valence-electron chi connectivity index (χ3n) is 13.6. The lowest BCUT2D eigenvalue weighted by molar-refractivity contribution is -0.165. The van der Waals surface area contributed by atoms with Gasteiger partial charge in [-0.15, -0.1) is 0 Å². The lowest BCUT2D eigenvalue weighted by Gasteiger charge is -2.62. The summed E-state index contributed by atoms with van der Waals surface area (Å²) in [4.78, 5) is 11.7. The predicted octanol–water partition coefficient (Wildman–Crippen LogP) is 8.60. The number of esters is 1. The molecule has 2 spiro atoms. The normalized spacial score (nSPS) is 50.7. The van der Waals surface area contributed by atoms with E-state index in [0.717, 1.165) is 30.1 Å². The molecule has 34 heavy (non-hydrogen) atoms. The Morgan fingerprint density at radius 2 is 1.68 bits per heavy atom. The molecular formula is C32H52O2. The SMILES string of the molecule is C=C(C)[C@H](C)CC[C@@H](C)[C@H]1CC[C@@]2(C)[C@H]3CC[C@@H]4[C@H](C)[C@@H](OC(C)=O)CC[C@@]45C[C@@]35CC[C@]12C. The Morgan fingerprint density at radius 1 is 0.941 bits per heavy atom. The second-order valence-electron chi connectivity index (χ2n) is 14.6. The van der Waals surface area contributed by atoms with E-state index in [4.69, 9.17) is 4.74 Å². The van der Waals surface area contributed by atoms with E-state index in [1.807, 2.05) is 0 Å². The molecule has 0 aliphatic heterocycles. The lowest BCUT2D eigenvalue weighted by Crippen LogP contribution is -2.56. The second-order valence-corrected chi connectivity index (χ2v) is 14.6. The van der Waals surface area contributed by atoms with Crippen molar-refractivity contribution in [3.63, 3.8) is 0 Å². The highest BCUT2D eigenvalue weighted by Crippen LogP contribution is 2.88. The van der Waals surface area contributed by atoms with E-state index in [0.29, 0.717) is 33.5 Å². The molecule has 0 unspecified atom stereocenters. The maximum Gasteiger partial charge on any atom is 0.302 e. The fourth-order valence-corrected chi connectivity index (χ4v) is 11.3. The first-order valence-corrected chi connectivity index (χ1v) is 14.7. The Balaban J connectivity index is 1.34. The topological polar surface area (TPSA) is 26.3 Å². The monoisotopic (exact) mass is 468 g/mol. The summed E-state index contributed by atoms with van der Waals surface area (Å²) in [5.41, 5.74) is 3.53. The van der Waals surface area contributed by atoms with Crippen LogP contribution in [0.1, 0.15) is 119 Å². The Labute approximate surface area is 210 Å². The van der Waals surface area contributed by atoms with Gasteiger partial charge in [0.25, 0.3) is 0 Å². The van der Waals surface area contributed by atoms with Crippen LogP contribution in [0.4, 0.5) is 0 Å². The minimum absolute atomic E-state index is 0.0864. The number of rotatable bonds is 6. The quantitative estimate of drug-likeness (QED) is 0.288. The minimum atomic E-state index is -0.0864. The molecule has 0 amide bonds. The molecular weight excluding hydrogens is 416 g/mol. The van der Waals surface area contributed by atoms with Crippen molar-refractivity contribution in [2.75, 3.05) is 0 Å². The molecule has 0 heterocycles. The maximum atomic E-state index is 11.7. The van der Waals surface area contributed by atoms with Crippen LogP contribution in [0.5, 0.6) is 0 Å². The third-order valence-corrected chi connectivity index (χ3v) is 13.6. The van der Waals surface area contributed by atoms with Crippen molar-refractivity contribution in [1.29, 1.82) is 0 Å². The van der Waals surface area contributed by atoms with Gasteiger partial charge in [0.2, 0.25) is 0 Å². The zero-order chi connectivity index (χ0) is 24.7. The average Bonchev–Trinajstić information content (AvgIpc) is 3.36. The molecule has 5 aliphatic carbocycles. The van der Waals surface area contributed by atoms with Gasteiger partial charge in [-0.1, -0.05) is 46.8 Å². The number of allylic oxidation sites excluding steroid dienone is 1. The van der Waals surface area contributed by atoms with Gasteiger partial charge in [-0.05, 0) is 135 Å². The largest absolute Gasteiger partial charge is 0.462 e. The molecule has 192 valence electrons. The zero-order valence-electron chi connectivity index (χ0n) is 23.3. The number of fused-ring (bicyclic) bond motifs is 2. The Kier molecular flexibility index (Phi) is 5.93. The first-order chi connectivity index (χ1) is 15.9. The van der Waals surface area contributed by atoms with Gasteiger partial charge in [-0.25, -0.2) is 0 Å². The van der Waals surface area contributed by atoms with Crippen molar-refractivity contribution in [1.82, 2.24) is 0 Å². The van der Waals surface area contributed by atoms with Crippen LogP contribution < -0.4 is 0 Å². The minimum Gasteiger partial charge on any atom is -0.462 e. The van der Waals surface area contributed by atoms with E-state index < -0.39 is 0 Å². The third kappa shape index (κ3) is 3.21. The van der Waals surface area contributed by atoms with Crippen molar-refractivity contribution in [2.24, 2.45) is 57.2 Å². The molecule has 0 bridgehead atoms. The fourth-order valence-electron chi connectivity index (χ4n) is 11.3. The Bertz CT molecular complexity index is 846. The first-order valence-electron chi connectivity index (χ1n) is 14.7. The smallest absolute Gasteiger partial charge is 0.302 e. The van der Waals surface area contributed by atoms with Crippen LogP contribution in [-0.2, 0) is 9.53 Å². The molecule has 5 saturated carbocycles. The number of hydrogen-bond donors (Lipinski definition) is 0. The highest BCUT2D eigenvalue weighted by Gasteiger charge is 2.81. The second kappa shape index (κ2) is 8.11. The van der Waals surface area contributed by atoms with E-state index in [-0.39, 0.29) is 12.1 Å². The van der Waals surface area contributed by atoms with Gasteiger partial charge in [0.05, 0.1) is 0 Å². The molecule has 0 aromatic carbocycles. The molecule has 5 fully saturated rings. The van der Waals surface area contributed by atoms with Crippen LogP contribution in [0.25, 0.3) is 0 Å². The molecule has 5 rings (SSSR count). The van der Waals surface area contributed by atoms with Crippen molar-refractivity contribution in [3.05, 3.63) is 12.2 Å². The van der Waals surface area contributed by atoms with Gasteiger partial charge in [0.15, 0.2) is 0 Å². The maximum absolute atomic E-state index is 11.7. The number of ether oxygens (including phenoxy) is 1. The van der Waals surface area contributed by atoms with Gasteiger partial charge in [0.1, 0.15) is 6.10 Å². The van der Waals surface area contributed by atoms with Crippen LogP contribution in [0, 0.1) is 57.2 Å².